The lowest BCUT2D eigenvalue weighted by Gasteiger charge is -2.18. The van der Waals surface area contributed by atoms with Gasteiger partial charge in [-0.15, -0.1) is 11.8 Å². The Morgan fingerprint density at radius 2 is 1.81 bits per heavy atom. The van der Waals surface area contributed by atoms with E-state index < -0.39 is 0 Å². The van der Waals surface area contributed by atoms with Crippen LogP contribution >= 0.6 is 27.7 Å². The first-order valence-electron chi connectivity index (χ1n) is 6.73. The Balaban J connectivity index is 1.88. The number of thioether (sulfide) groups is 1. The van der Waals surface area contributed by atoms with Crippen LogP contribution in [0.1, 0.15) is 11.1 Å². The zero-order valence-electron chi connectivity index (χ0n) is 12.2. The Labute approximate surface area is 138 Å². The van der Waals surface area contributed by atoms with Gasteiger partial charge in [-0.05, 0) is 30.7 Å². The highest BCUT2D eigenvalue weighted by Crippen LogP contribution is 2.20. The molecular formula is C17H18BrNOS. The second-order valence-electron chi connectivity index (χ2n) is 4.94. The molecule has 0 spiro atoms. The van der Waals surface area contributed by atoms with Crippen LogP contribution in [0.5, 0.6) is 0 Å². The quantitative estimate of drug-likeness (QED) is 0.728. The fourth-order valence-electron chi connectivity index (χ4n) is 1.86. The molecule has 1 amide bonds. The van der Waals surface area contributed by atoms with Crippen molar-refractivity contribution in [2.24, 2.45) is 0 Å². The maximum absolute atomic E-state index is 12.2. The van der Waals surface area contributed by atoms with Crippen LogP contribution in [0.15, 0.2) is 57.9 Å². The molecule has 0 atom stereocenters. The normalized spacial score (nSPS) is 10.4. The molecule has 0 saturated heterocycles. The van der Waals surface area contributed by atoms with Crippen LogP contribution in [-0.2, 0) is 11.3 Å². The first-order chi connectivity index (χ1) is 10.1. The van der Waals surface area contributed by atoms with Gasteiger partial charge in [-0.3, -0.25) is 4.79 Å². The molecule has 0 fully saturated rings. The van der Waals surface area contributed by atoms with E-state index in [0.29, 0.717) is 12.3 Å². The summed E-state index contributed by atoms with van der Waals surface area (Å²) in [5.41, 5.74) is 2.35. The minimum Gasteiger partial charge on any atom is -0.341 e. The molecule has 0 aliphatic rings. The molecule has 2 rings (SSSR count). The molecule has 0 unspecified atom stereocenters. The summed E-state index contributed by atoms with van der Waals surface area (Å²) < 4.78 is 1.04. The van der Waals surface area contributed by atoms with Gasteiger partial charge in [0.15, 0.2) is 0 Å². The largest absolute Gasteiger partial charge is 0.341 e. The number of amides is 1. The van der Waals surface area contributed by atoms with E-state index in [-0.39, 0.29) is 5.91 Å². The van der Waals surface area contributed by atoms with Crippen LogP contribution < -0.4 is 0 Å². The molecular weight excluding hydrogens is 346 g/mol. The number of nitrogens with zero attached hydrogens (tertiary/aromatic N) is 1. The predicted molar refractivity (Wildman–Crippen MR) is 92.5 cm³/mol. The van der Waals surface area contributed by atoms with Crippen molar-refractivity contribution in [3.8, 4) is 0 Å². The molecule has 110 valence electrons. The lowest BCUT2D eigenvalue weighted by molar-refractivity contribution is -0.127. The molecule has 0 saturated carbocycles. The maximum atomic E-state index is 12.2. The summed E-state index contributed by atoms with van der Waals surface area (Å²) in [4.78, 5) is 15.1. The predicted octanol–water partition coefficient (Wildman–Crippen LogP) is 4.51. The Kier molecular flexibility index (Phi) is 5.88. The highest BCUT2D eigenvalue weighted by Gasteiger charge is 2.11. The van der Waals surface area contributed by atoms with Gasteiger partial charge in [0.25, 0.3) is 0 Å². The summed E-state index contributed by atoms with van der Waals surface area (Å²) in [5.74, 6) is 0.598. The Morgan fingerprint density at radius 3 is 2.48 bits per heavy atom. The number of hydrogen-bond donors (Lipinski definition) is 0. The van der Waals surface area contributed by atoms with Gasteiger partial charge in [0.05, 0.1) is 5.75 Å². The number of benzene rings is 2. The van der Waals surface area contributed by atoms with Crippen LogP contribution in [0.2, 0.25) is 0 Å². The number of carbonyl (C=O) groups is 1. The fraction of sp³-hybridized carbons (Fsp3) is 0.235. The molecule has 0 radical (unpaired) electrons. The van der Waals surface area contributed by atoms with Gasteiger partial charge in [-0.2, -0.15) is 0 Å². The average molecular weight is 364 g/mol. The molecule has 0 N–H and O–H groups in total. The van der Waals surface area contributed by atoms with Gasteiger partial charge in [0, 0.05) is 23.0 Å². The van der Waals surface area contributed by atoms with Crippen molar-refractivity contribution in [2.75, 3.05) is 12.8 Å². The lowest BCUT2D eigenvalue weighted by Crippen LogP contribution is -2.27. The highest BCUT2D eigenvalue weighted by molar-refractivity contribution is 9.10. The highest BCUT2D eigenvalue weighted by atomic mass is 79.9. The Bertz CT molecular complexity index is 612. The molecule has 0 aromatic heterocycles. The summed E-state index contributed by atoms with van der Waals surface area (Å²) in [6.45, 7) is 2.68. The van der Waals surface area contributed by atoms with Crippen molar-refractivity contribution in [1.82, 2.24) is 4.90 Å². The van der Waals surface area contributed by atoms with Crippen LogP contribution in [0.3, 0.4) is 0 Å². The van der Waals surface area contributed by atoms with E-state index in [9.17, 15) is 4.79 Å². The molecule has 2 aromatic rings. The third kappa shape index (κ3) is 4.90. The van der Waals surface area contributed by atoms with E-state index in [2.05, 4.69) is 47.1 Å². The summed E-state index contributed by atoms with van der Waals surface area (Å²) in [7, 11) is 1.84. The molecule has 4 heteroatoms. The van der Waals surface area contributed by atoms with Gasteiger partial charge in [0.1, 0.15) is 0 Å². The van der Waals surface area contributed by atoms with Gasteiger partial charge >= 0.3 is 0 Å². The molecule has 0 heterocycles. The van der Waals surface area contributed by atoms with Crippen LogP contribution in [0.4, 0.5) is 0 Å². The second kappa shape index (κ2) is 7.66. The van der Waals surface area contributed by atoms with Crippen LogP contribution in [-0.4, -0.2) is 23.6 Å². The van der Waals surface area contributed by atoms with Crippen molar-refractivity contribution in [1.29, 1.82) is 0 Å². The van der Waals surface area contributed by atoms with Gasteiger partial charge in [-0.1, -0.05) is 51.8 Å². The van der Waals surface area contributed by atoms with E-state index in [4.69, 9.17) is 0 Å². The van der Waals surface area contributed by atoms with Crippen molar-refractivity contribution in [3.63, 3.8) is 0 Å². The molecule has 2 aromatic carbocycles. The van der Waals surface area contributed by atoms with Crippen LogP contribution in [0, 0.1) is 6.92 Å². The first kappa shape index (κ1) is 16.1. The standard InChI is InChI=1S/C17H18BrNOS/c1-13-7-9-15(10-8-13)21-12-17(20)19(2)11-14-5-3-4-6-16(14)18/h3-10H,11-12H2,1-2H3. The smallest absolute Gasteiger partial charge is 0.232 e. The molecule has 0 aliphatic heterocycles. The van der Waals surface area contributed by atoms with E-state index in [0.717, 1.165) is 14.9 Å². The number of rotatable bonds is 5. The molecule has 21 heavy (non-hydrogen) atoms. The topological polar surface area (TPSA) is 20.3 Å². The number of carbonyl (C=O) groups excluding carboxylic acids is 1. The van der Waals surface area contributed by atoms with Crippen molar-refractivity contribution in [2.45, 2.75) is 18.4 Å². The van der Waals surface area contributed by atoms with Crippen LogP contribution in [0.25, 0.3) is 0 Å². The van der Waals surface area contributed by atoms with E-state index in [1.165, 1.54) is 5.56 Å². The third-order valence-electron chi connectivity index (χ3n) is 3.17. The molecule has 2 nitrogen and oxygen atoms in total. The number of hydrogen-bond acceptors (Lipinski definition) is 2. The van der Waals surface area contributed by atoms with Crippen molar-refractivity contribution >= 4 is 33.6 Å². The van der Waals surface area contributed by atoms with Crippen molar-refractivity contribution in [3.05, 3.63) is 64.1 Å². The summed E-state index contributed by atoms with van der Waals surface area (Å²) >= 11 is 5.09. The average Bonchev–Trinajstić information content (AvgIpc) is 2.48. The summed E-state index contributed by atoms with van der Waals surface area (Å²) in [6, 6.07) is 16.2. The molecule has 0 aliphatic carbocycles. The van der Waals surface area contributed by atoms with Gasteiger partial charge in [0.2, 0.25) is 5.91 Å². The fourth-order valence-corrected chi connectivity index (χ4v) is 3.11. The maximum Gasteiger partial charge on any atom is 0.232 e. The van der Waals surface area contributed by atoms with Gasteiger partial charge in [-0.25, -0.2) is 0 Å². The monoisotopic (exact) mass is 363 g/mol. The Morgan fingerprint density at radius 1 is 1.14 bits per heavy atom. The Hall–Kier alpha value is -1.26. The molecule has 0 bridgehead atoms. The van der Waals surface area contributed by atoms with E-state index in [1.807, 2.05) is 31.3 Å². The number of aryl methyl sites for hydroxylation is 1. The first-order valence-corrected chi connectivity index (χ1v) is 8.51. The third-order valence-corrected chi connectivity index (χ3v) is 4.94. The zero-order chi connectivity index (χ0) is 15.2. The lowest BCUT2D eigenvalue weighted by atomic mass is 10.2. The zero-order valence-corrected chi connectivity index (χ0v) is 14.6. The van der Waals surface area contributed by atoms with Gasteiger partial charge < -0.3 is 4.90 Å². The summed E-state index contributed by atoms with van der Waals surface area (Å²) in [6.07, 6.45) is 0. The van der Waals surface area contributed by atoms with E-state index in [1.54, 1.807) is 16.7 Å². The SMILES string of the molecule is Cc1ccc(SCC(=O)N(C)Cc2ccccc2Br)cc1. The minimum atomic E-state index is 0.135. The minimum absolute atomic E-state index is 0.135. The van der Waals surface area contributed by atoms with E-state index >= 15 is 0 Å². The summed E-state index contributed by atoms with van der Waals surface area (Å²) in [5, 5.41) is 0. The number of halogens is 1. The second-order valence-corrected chi connectivity index (χ2v) is 6.85. The van der Waals surface area contributed by atoms with Crippen molar-refractivity contribution < 1.29 is 4.79 Å².